The summed E-state index contributed by atoms with van der Waals surface area (Å²) in [4.78, 5) is 4.16. The number of aliphatic imine (C=N–C) groups is 1. The van der Waals surface area contributed by atoms with Crippen molar-refractivity contribution in [1.29, 1.82) is 0 Å². The molecule has 0 aliphatic carbocycles. The van der Waals surface area contributed by atoms with Crippen LogP contribution in [0.4, 0.5) is 13.2 Å². The van der Waals surface area contributed by atoms with Crippen molar-refractivity contribution >= 4 is 40.0 Å². The van der Waals surface area contributed by atoms with Crippen molar-refractivity contribution < 1.29 is 21.6 Å². The maximum absolute atomic E-state index is 12.5. The van der Waals surface area contributed by atoms with Crippen LogP contribution in [-0.2, 0) is 10.0 Å². The number of sulfonamides is 1. The monoisotopic (exact) mass is 472 g/mol. The number of hydrogen-bond acceptors (Lipinski definition) is 3. The van der Waals surface area contributed by atoms with Crippen LogP contribution in [0.3, 0.4) is 0 Å². The van der Waals surface area contributed by atoms with Gasteiger partial charge in [-0.1, -0.05) is 0 Å². The Labute approximate surface area is 152 Å². The Hall–Kier alpha value is -0.300. The van der Waals surface area contributed by atoms with Gasteiger partial charge in [-0.2, -0.15) is 17.5 Å². The summed E-state index contributed by atoms with van der Waals surface area (Å²) in [6, 6.07) is 0. The van der Waals surface area contributed by atoms with Gasteiger partial charge in [-0.25, -0.2) is 8.42 Å². The second-order valence-corrected chi connectivity index (χ2v) is 8.32. The lowest BCUT2D eigenvalue weighted by atomic mass is 9.98. The molecule has 1 fully saturated rings. The van der Waals surface area contributed by atoms with Crippen molar-refractivity contribution in [2.24, 2.45) is 16.6 Å². The zero-order valence-electron chi connectivity index (χ0n) is 13.4. The zero-order chi connectivity index (χ0) is 17.2. The van der Waals surface area contributed by atoms with Crippen molar-refractivity contribution in [1.82, 2.24) is 9.62 Å². The molecule has 1 saturated heterocycles. The molecule has 0 atom stereocenters. The predicted molar refractivity (Wildman–Crippen MR) is 94.1 cm³/mol. The first kappa shape index (κ1) is 22.7. The van der Waals surface area contributed by atoms with Crippen LogP contribution in [0.25, 0.3) is 0 Å². The molecule has 0 aromatic carbocycles. The Morgan fingerprint density at radius 3 is 2.13 bits per heavy atom. The molecule has 1 aliphatic heterocycles. The van der Waals surface area contributed by atoms with E-state index in [9.17, 15) is 21.6 Å². The summed E-state index contributed by atoms with van der Waals surface area (Å²) in [5, 5.41) is 2.98. The lowest BCUT2D eigenvalue weighted by molar-refractivity contribution is -0.0496. The van der Waals surface area contributed by atoms with Crippen LogP contribution in [-0.4, -0.2) is 49.4 Å². The van der Waals surface area contributed by atoms with E-state index < -0.39 is 15.5 Å². The van der Waals surface area contributed by atoms with E-state index in [1.54, 1.807) is 0 Å². The van der Waals surface area contributed by atoms with E-state index in [2.05, 4.69) is 10.3 Å². The molecule has 6 nitrogen and oxygen atoms in total. The molecule has 0 aromatic rings. The average Bonchev–Trinajstić information content (AvgIpc) is 2.33. The Morgan fingerprint density at radius 1 is 1.26 bits per heavy atom. The second kappa shape index (κ2) is 8.19. The van der Waals surface area contributed by atoms with Gasteiger partial charge >= 0.3 is 15.5 Å². The largest absolute Gasteiger partial charge is 0.511 e. The third-order valence-corrected chi connectivity index (χ3v) is 4.86. The summed E-state index contributed by atoms with van der Waals surface area (Å²) in [6.45, 7) is 5.86. The van der Waals surface area contributed by atoms with Gasteiger partial charge in [0.25, 0.3) is 0 Å². The van der Waals surface area contributed by atoms with Gasteiger partial charge in [0.1, 0.15) is 0 Å². The zero-order valence-corrected chi connectivity index (χ0v) is 16.5. The van der Waals surface area contributed by atoms with Gasteiger partial charge in [-0.15, -0.1) is 24.0 Å². The van der Waals surface area contributed by atoms with Crippen LogP contribution in [0.15, 0.2) is 4.99 Å². The molecule has 0 spiro atoms. The molecule has 3 N–H and O–H groups in total. The highest BCUT2D eigenvalue weighted by atomic mass is 127. The molecule has 11 heteroatoms. The molecule has 0 amide bonds. The molecule has 0 aromatic heterocycles. The summed E-state index contributed by atoms with van der Waals surface area (Å²) in [7, 11) is -5.22. The van der Waals surface area contributed by atoms with Gasteiger partial charge in [-0.3, -0.25) is 4.99 Å². The van der Waals surface area contributed by atoms with Crippen LogP contribution >= 0.6 is 24.0 Å². The van der Waals surface area contributed by atoms with E-state index in [0.29, 0.717) is 23.7 Å². The highest BCUT2D eigenvalue weighted by molar-refractivity contribution is 14.0. The lowest BCUT2D eigenvalue weighted by Gasteiger charge is -2.31. The SMILES string of the molecule is CC(C)(C)NC(N)=NCC1CCN(S(=O)(=O)C(F)(F)F)CC1.I. The Kier molecular flexibility index (Phi) is 8.08. The van der Waals surface area contributed by atoms with Crippen molar-refractivity contribution in [3.8, 4) is 0 Å². The second-order valence-electron chi connectivity index (χ2n) is 6.39. The third kappa shape index (κ3) is 6.99. The van der Waals surface area contributed by atoms with Crippen LogP contribution in [0.2, 0.25) is 0 Å². The van der Waals surface area contributed by atoms with Gasteiger partial charge < -0.3 is 11.1 Å². The number of halogens is 4. The fourth-order valence-electron chi connectivity index (χ4n) is 2.13. The van der Waals surface area contributed by atoms with Gasteiger partial charge in [0.2, 0.25) is 0 Å². The number of nitrogens with one attached hydrogen (secondary N) is 1. The molecule has 23 heavy (non-hydrogen) atoms. The van der Waals surface area contributed by atoms with E-state index in [1.165, 1.54) is 0 Å². The molecular weight excluding hydrogens is 448 g/mol. The number of piperidine rings is 1. The molecule has 1 rings (SSSR count). The third-order valence-electron chi connectivity index (χ3n) is 3.23. The minimum atomic E-state index is -5.24. The van der Waals surface area contributed by atoms with Crippen molar-refractivity contribution in [3.05, 3.63) is 0 Å². The molecule has 0 radical (unpaired) electrons. The summed E-state index contributed by atoms with van der Waals surface area (Å²) in [5.74, 6) is 0.304. The van der Waals surface area contributed by atoms with Crippen LogP contribution in [0, 0.1) is 5.92 Å². The predicted octanol–water partition coefficient (Wildman–Crippen LogP) is 1.87. The van der Waals surface area contributed by atoms with E-state index in [0.717, 1.165) is 0 Å². The minimum Gasteiger partial charge on any atom is -0.370 e. The molecule has 1 heterocycles. The Bertz CT molecular complexity index is 509. The average molecular weight is 472 g/mol. The topological polar surface area (TPSA) is 87.8 Å². The van der Waals surface area contributed by atoms with E-state index in [1.807, 2.05) is 20.8 Å². The fourth-order valence-corrected chi connectivity index (χ4v) is 3.11. The number of rotatable bonds is 3. The normalized spacial score (nSPS) is 19.3. The summed E-state index contributed by atoms with van der Waals surface area (Å²) in [5.41, 5.74) is 0.253. The summed E-state index contributed by atoms with van der Waals surface area (Å²) < 4.78 is 60.4. The first-order valence-corrected chi connectivity index (χ1v) is 8.41. The molecule has 0 saturated carbocycles. The van der Waals surface area contributed by atoms with E-state index in [4.69, 9.17) is 5.73 Å². The standard InChI is InChI=1S/C12H23F3N4O2S.HI/c1-11(2,3)18-10(16)17-8-9-4-6-19(7-5-9)22(20,21)12(13,14)15;/h9H,4-8H2,1-3H3,(H3,16,17,18);1H. The first-order chi connectivity index (χ1) is 9.83. The lowest BCUT2D eigenvalue weighted by Crippen LogP contribution is -2.46. The highest BCUT2D eigenvalue weighted by Crippen LogP contribution is 2.30. The summed E-state index contributed by atoms with van der Waals surface area (Å²) >= 11 is 0. The van der Waals surface area contributed by atoms with Gasteiger partial charge in [0.05, 0.1) is 0 Å². The van der Waals surface area contributed by atoms with Gasteiger partial charge in [0, 0.05) is 25.2 Å². The molecule has 0 bridgehead atoms. The van der Waals surface area contributed by atoms with Crippen molar-refractivity contribution in [2.45, 2.75) is 44.7 Å². The number of alkyl halides is 3. The van der Waals surface area contributed by atoms with Crippen LogP contribution in [0.5, 0.6) is 0 Å². The van der Waals surface area contributed by atoms with Crippen LogP contribution in [0.1, 0.15) is 33.6 Å². The Balaban J connectivity index is 0.00000484. The molecular formula is C12H24F3IN4O2S. The number of guanidine groups is 1. The molecule has 0 unspecified atom stereocenters. The fraction of sp³-hybridized carbons (Fsp3) is 0.917. The number of nitrogens with zero attached hydrogens (tertiary/aromatic N) is 2. The molecule has 1 aliphatic rings. The number of hydrogen-bond donors (Lipinski definition) is 2. The van der Waals surface area contributed by atoms with Crippen molar-refractivity contribution in [2.75, 3.05) is 19.6 Å². The van der Waals surface area contributed by atoms with Crippen molar-refractivity contribution in [3.63, 3.8) is 0 Å². The van der Waals surface area contributed by atoms with Gasteiger partial charge in [0.15, 0.2) is 5.96 Å². The minimum absolute atomic E-state index is 0. The first-order valence-electron chi connectivity index (χ1n) is 6.97. The molecule has 138 valence electrons. The van der Waals surface area contributed by atoms with E-state index >= 15 is 0 Å². The van der Waals surface area contributed by atoms with Gasteiger partial charge in [-0.05, 0) is 39.5 Å². The quantitative estimate of drug-likeness (QED) is 0.373. The van der Waals surface area contributed by atoms with E-state index in [-0.39, 0.29) is 54.5 Å². The number of nitrogens with two attached hydrogens (primary N) is 1. The summed E-state index contributed by atoms with van der Waals surface area (Å²) in [6.07, 6.45) is 0.670. The maximum Gasteiger partial charge on any atom is 0.511 e. The highest BCUT2D eigenvalue weighted by Gasteiger charge is 2.50. The Morgan fingerprint density at radius 2 is 1.74 bits per heavy atom. The van der Waals surface area contributed by atoms with Crippen LogP contribution < -0.4 is 11.1 Å². The smallest absolute Gasteiger partial charge is 0.370 e. The maximum atomic E-state index is 12.5.